The zero-order valence-corrected chi connectivity index (χ0v) is 7.08. The molecule has 0 heterocycles. The van der Waals surface area contributed by atoms with Crippen molar-refractivity contribution in [1.82, 2.24) is 0 Å². The Labute approximate surface area is 82.3 Å². The number of hydrogen-bond acceptors (Lipinski definition) is 0. The van der Waals surface area contributed by atoms with E-state index < -0.39 is 28.9 Å². The van der Waals surface area contributed by atoms with Gasteiger partial charge >= 0.3 is 12.4 Å². The lowest BCUT2D eigenvalue weighted by molar-refractivity contribution is -0.141. The van der Waals surface area contributed by atoms with E-state index in [0.29, 0.717) is 18.2 Å². The molecule has 0 N–H and O–H groups in total. The molecule has 0 nitrogen and oxygen atoms in total. The zero-order chi connectivity index (χ0) is 11.9. The Bertz CT molecular complexity index is 332. The number of alkyl halides is 6. The normalized spacial score (nSPS) is 12.9. The van der Waals surface area contributed by atoms with Gasteiger partial charge in [-0.25, -0.2) is 0 Å². The summed E-state index contributed by atoms with van der Waals surface area (Å²) in [5.74, 6) is 0. The maximum Gasteiger partial charge on any atom is 0.415 e. The molecule has 15 heavy (non-hydrogen) atoms. The van der Waals surface area contributed by atoms with Gasteiger partial charge in [-0.15, -0.1) is 0 Å². The molecule has 0 aromatic heterocycles. The van der Waals surface area contributed by atoms with Crippen LogP contribution < -0.4 is 5.46 Å². The van der Waals surface area contributed by atoms with E-state index in [1.165, 1.54) is 0 Å². The summed E-state index contributed by atoms with van der Waals surface area (Å²) in [5.41, 5.74) is -4.24. The average Bonchev–Trinajstić information content (AvgIpc) is 1.99. The Morgan fingerprint density at radius 1 is 0.800 bits per heavy atom. The largest absolute Gasteiger partial charge is 0.415 e. The molecule has 0 saturated heterocycles. The first-order chi connectivity index (χ1) is 6.64. The van der Waals surface area contributed by atoms with Gasteiger partial charge in [-0.05, 0) is 0 Å². The lowest BCUT2D eigenvalue weighted by Crippen LogP contribution is -2.27. The second-order valence-electron chi connectivity index (χ2n) is 2.76. The van der Waals surface area contributed by atoms with Gasteiger partial charge in [0.15, 0.2) is 0 Å². The van der Waals surface area contributed by atoms with Crippen LogP contribution in [0.15, 0.2) is 18.2 Å². The van der Waals surface area contributed by atoms with Crippen molar-refractivity contribution in [3.8, 4) is 0 Å². The minimum atomic E-state index is -4.88. The van der Waals surface area contributed by atoms with Crippen molar-refractivity contribution in [2.75, 3.05) is 0 Å². The molecule has 0 bridgehead atoms. The lowest BCUT2D eigenvalue weighted by atomic mass is 9.85. The molecule has 0 aliphatic heterocycles. The Morgan fingerprint density at radius 3 is 1.40 bits per heavy atom. The van der Waals surface area contributed by atoms with Gasteiger partial charge in [-0.2, -0.15) is 26.3 Å². The van der Waals surface area contributed by atoms with E-state index in [1.807, 2.05) is 0 Å². The molecule has 7 heteroatoms. The molecule has 1 aromatic rings. The third-order valence-corrected chi connectivity index (χ3v) is 1.72. The van der Waals surface area contributed by atoms with Crippen LogP contribution in [0.1, 0.15) is 11.1 Å². The van der Waals surface area contributed by atoms with Crippen molar-refractivity contribution in [1.29, 1.82) is 0 Å². The topological polar surface area (TPSA) is 0 Å². The Kier molecular flexibility index (Phi) is 2.76. The fraction of sp³-hybridized carbons (Fsp3) is 0.250. The van der Waals surface area contributed by atoms with Crippen molar-refractivity contribution < 1.29 is 26.3 Å². The monoisotopic (exact) mass is 224 g/mol. The van der Waals surface area contributed by atoms with Gasteiger partial charge in [0.25, 0.3) is 0 Å². The minimum absolute atomic E-state index is 0.505. The second kappa shape index (κ2) is 3.46. The molecule has 0 aliphatic rings. The van der Waals surface area contributed by atoms with E-state index in [-0.39, 0.29) is 0 Å². The summed E-state index contributed by atoms with van der Waals surface area (Å²) >= 11 is 0. The van der Waals surface area contributed by atoms with Crippen molar-refractivity contribution in [2.45, 2.75) is 12.4 Å². The van der Waals surface area contributed by atoms with E-state index in [1.54, 1.807) is 0 Å². The van der Waals surface area contributed by atoms with Gasteiger partial charge in [0.1, 0.15) is 7.85 Å². The average molecular weight is 224 g/mol. The van der Waals surface area contributed by atoms with Gasteiger partial charge in [0.05, 0.1) is 0 Å². The molecule has 2 radical (unpaired) electrons. The summed E-state index contributed by atoms with van der Waals surface area (Å²) in [4.78, 5) is 0. The van der Waals surface area contributed by atoms with Crippen molar-refractivity contribution in [3.05, 3.63) is 29.3 Å². The van der Waals surface area contributed by atoms with Crippen molar-refractivity contribution >= 4 is 13.3 Å². The van der Waals surface area contributed by atoms with Crippen LogP contribution in [0.5, 0.6) is 0 Å². The van der Waals surface area contributed by atoms with Gasteiger partial charge in [0.2, 0.25) is 0 Å². The first kappa shape index (κ1) is 11.9. The molecule has 80 valence electrons. The van der Waals surface area contributed by atoms with Gasteiger partial charge in [0, 0.05) is 11.1 Å². The summed E-state index contributed by atoms with van der Waals surface area (Å²) in [6.45, 7) is 0. The quantitative estimate of drug-likeness (QED) is 0.469. The van der Waals surface area contributed by atoms with Crippen LogP contribution >= 0.6 is 0 Å². The standard InChI is InChI=1S/C8H3BF6/c9-6-4(7(10,11)12)2-1-3-5(6)8(13,14)15/h1-3H. The summed E-state index contributed by atoms with van der Waals surface area (Å²) in [6.07, 6.45) is -9.77. The molecular formula is C8H3BF6. The smallest absolute Gasteiger partial charge is 0.166 e. The predicted octanol–water partition coefficient (Wildman–Crippen LogP) is 2.52. The van der Waals surface area contributed by atoms with Crippen LogP contribution in [0.4, 0.5) is 26.3 Å². The Hall–Kier alpha value is -1.14. The second-order valence-corrected chi connectivity index (χ2v) is 2.76. The zero-order valence-electron chi connectivity index (χ0n) is 7.08. The van der Waals surface area contributed by atoms with Crippen LogP contribution in [-0.4, -0.2) is 7.85 Å². The molecule has 0 fully saturated rings. The summed E-state index contributed by atoms with van der Waals surface area (Å²) in [6, 6.07) is 1.68. The third kappa shape index (κ3) is 2.46. The van der Waals surface area contributed by atoms with E-state index in [4.69, 9.17) is 7.85 Å². The SMILES string of the molecule is [B]c1c(C(F)(F)F)cccc1C(F)(F)F. The lowest BCUT2D eigenvalue weighted by Gasteiger charge is -2.15. The highest BCUT2D eigenvalue weighted by atomic mass is 19.4. The van der Waals surface area contributed by atoms with E-state index in [0.717, 1.165) is 0 Å². The predicted molar refractivity (Wildman–Crippen MR) is 41.8 cm³/mol. The molecule has 0 spiro atoms. The minimum Gasteiger partial charge on any atom is -0.166 e. The molecule has 0 amide bonds. The van der Waals surface area contributed by atoms with Crippen LogP contribution in [0.25, 0.3) is 0 Å². The van der Waals surface area contributed by atoms with Gasteiger partial charge < -0.3 is 0 Å². The van der Waals surface area contributed by atoms with E-state index in [2.05, 4.69) is 0 Å². The highest BCUT2D eigenvalue weighted by molar-refractivity contribution is 6.34. The van der Waals surface area contributed by atoms with Crippen LogP contribution in [0.3, 0.4) is 0 Å². The van der Waals surface area contributed by atoms with Gasteiger partial charge in [-0.3, -0.25) is 0 Å². The number of hydrogen-bond donors (Lipinski definition) is 0. The molecular weight excluding hydrogens is 221 g/mol. The molecule has 0 aliphatic carbocycles. The Morgan fingerprint density at radius 2 is 1.13 bits per heavy atom. The van der Waals surface area contributed by atoms with Crippen LogP contribution in [0.2, 0.25) is 0 Å². The maximum atomic E-state index is 12.2. The molecule has 0 saturated carbocycles. The first-order valence-electron chi connectivity index (χ1n) is 3.67. The third-order valence-electron chi connectivity index (χ3n) is 1.72. The van der Waals surface area contributed by atoms with Gasteiger partial charge in [-0.1, -0.05) is 23.7 Å². The first-order valence-corrected chi connectivity index (χ1v) is 3.67. The molecule has 1 rings (SSSR count). The Balaban J connectivity index is 3.37. The van der Waals surface area contributed by atoms with E-state index >= 15 is 0 Å². The fourth-order valence-corrected chi connectivity index (χ4v) is 1.06. The number of halogens is 6. The highest BCUT2D eigenvalue weighted by Crippen LogP contribution is 2.32. The maximum absolute atomic E-state index is 12.2. The molecule has 0 atom stereocenters. The van der Waals surface area contributed by atoms with Crippen molar-refractivity contribution in [3.63, 3.8) is 0 Å². The van der Waals surface area contributed by atoms with E-state index in [9.17, 15) is 26.3 Å². The summed E-state index contributed by atoms with van der Waals surface area (Å²) in [5, 5.41) is 0. The fourth-order valence-electron chi connectivity index (χ4n) is 1.06. The summed E-state index contributed by atoms with van der Waals surface area (Å²) < 4.78 is 73.0. The van der Waals surface area contributed by atoms with Crippen LogP contribution in [-0.2, 0) is 12.4 Å². The molecule has 1 aromatic carbocycles. The summed E-state index contributed by atoms with van der Waals surface area (Å²) in [7, 11) is 4.82. The number of benzene rings is 1. The van der Waals surface area contributed by atoms with Crippen LogP contribution in [0, 0.1) is 0 Å². The van der Waals surface area contributed by atoms with Crippen molar-refractivity contribution in [2.24, 2.45) is 0 Å². The highest BCUT2D eigenvalue weighted by Gasteiger charge is 2.38. The molecule has 0 unspecified atom stereocenters. The number of rotatable bonds is 0.